The second kappa shape index (κ2) is 5.38. The molecule has 0 bridgehead atoms. The summed E-state index contributed by atoms with van der Waals surface area (Å²) >= 11 is 0. The predicted octanol–water partition coefficient (Wildman–Crippen LogP) is 0.808. The molecule has 0 amide bonds. The van der Waals surface area contributed by atoms with Crippen molar-refractivity contribution in [3.63, 3.8) is 0 Å². The number of rotatable bonds is 3. The van der Waals surface area contributed by atoms with Crippen molar-refractivity contribution < 1.29 is 9.84 Å². The van der Waals surface area contributed by atoms with Crippen LogP contribution in [0.2, 0.25) is 0 Å². The van der Waals surface area contributed by atoms with Crippen molar-refractivity contribution in [3.8, 4) is 5.75 Å². The Morgan fingerprint density at radius 2 is 2.12 bits per heavy atom. The first-order chi connectivity index (χ1) is 8.26. The molecule has 0 aromatic heterocycles. The van der Waals surface area contributed by atoms with Gasteiger partial charge < -0.3 is 14.7 Å². The van der Waals surface area contributed by atoms with Crippen LogP contribution in [0.3, 0.4) is 0 Å². The highest BCUT2D eigenvalue weighted by Gasteiger charge is 2.25. The first-order valence-corrected chi connectivity index (χ1v) is 5.95. The van der Waals surface area contributed by atoms with E-state index in [0.29, 0.717) is 0 Å². The number of para-hydroxylation sites is 2. The summed E-state index contributed by atoms with van der Waals surface area (Å²) in [6, 6.07) is 8.24. The minimum Gasteiger partial charge on any atom is -0.495 e. The molecular formula is C13H20N2O2. The largest absolute Gasteiger partial charge is 0.495 e. The van der Waals surface area contributed by atoms with Crippen LogP contribution in [0.15, 0.2) is 24.3 Å². The molecule has 1 N–H and O–H groups in total. The third-order valence-electron chi connectivity index (χ3n) is 3.41. The van der Waals surface area contributed by atoms with E-state index in [4.69, 9.17) is 4.74 Å². The van der Waals surface area contributed by atoms with Crippen molar-refractivity contribution in [1.82, 2.24) is 4.90 Å². The molecule has 1 aromatic carbocycles. The van der Waals surface area contributed by atoms with Gasteiger partial charge in [-0.3, -0.25) is 4.90 Å². The topological polar surface area (TPSA) is 35.9 Å². The van der Waals surface area contributed by atoms with Crippen LogP contribution in [0.1, 0.15) is 0 Å². The van der Waals surface area contributed by atoms with E-state index in [9.17, 15) is 5.11 Å². The highest BCUT2D eigenvalue weighted by molar-refractivity contribution is 5.58. The number of hydrogen-bond acceptors (Lipinski definition) is 4. The van der Waals surface area contributed by atoms with E-state index in [1.165, 1.54) is 0 Å². The van der Waals surface area contributed by atoms with Crippen molar-refractivity contribution >= 4 is 5.69 Å². The molecule has 1 fully saturated rings. The molecule has 1 heterocycles. The Morgan fingerprint density at radius 3 is 2.82 bits per heavy atom. The summed E-state index contributed by atoms with van der Waals surface area (Å²) in [5, 5.41) is 9.35. The quantitative estimate of drug-likeness (QED) is 0.842. The highest BCUT2D eigenvalue weighted by Crippen LogP contribution is 2.29. The second-order valence-electron chi connectivity index (χ2n) is 4.43. The number of hydrogen-bond donors (Lipinski definition) is 1. The lowest BCUT2D eigenvalue weighted by atomic mass is 10.1. The third kappa shape index (κ3) is 2.53. The normalized spacial score (nSPS) is 21.6. The number of likely N-dealkylation sites (N-methyl/N-ethyl adjacent to an activating group) is 1. The van der Waals surface area contributed by atoms with Crippen molar-refractivity contribution in [1.29, 1.82) is 0 Å². The Labute approximate surface area is 102 Å². The molecule has 0 radical (unpaired) electrons. The number of methoxy groups -OCH3 is 1. The zero-order chi connectivity index (χ0) is 12.3. The Morgan fingerprint density at radius 1 is 1.35 bits per heavy atom. The minimum absolute atomic E-state index is 0.197. The Bertz CT molecular complexity index is 370. The number of ether oxygens (including phenoxy) is 1. The van der Waals surface area contributed by atoms with Gasteiger partial charge >= 0.3 is 0 Å². The van der Waals surface area contributed by atoms with Gasteiger partial charge in [0, 0.05) is 19.6 Å². The standard InChI is InChI=1S/C13H20N2O2/c1-14-7-8-15(9-11(14)10-16)12-5-3-4-6-13(12)17-2/h3-6,11,16H,7-10H2,1-2H3. The van der Waals surface area contributed by atoms with Gasteiger partial charge in [0.05, 0.1) is 25.4 Å². The van der Waals surface area contributed by atoms with Crippen LogP contribution in [0, 0.1) is 0 Å². The third-order valence-corrected chi connectivity index (χ3v) is 3.41. The summed E-state index contributed by atoms with van der Waals surface area (Å²) in [5.74, 6) is 0.897. The number of benzene rings is 1. The van der Waals surface area contributed by atoms with Crippen LogP contribution in [0.4, 0.5) is 5.69 Å². The summed E-state index contributed by atoms with van der Waals surface area (Å²) in [6.45, 7) is 2.96. The van der Waals surface area contributed by atoms with Gasteiger partial charge in [0.2, 0.25) is 0 Å². The van der Waals surface area contributed by atoms with Crippen molar-refractivity contribution in [2.45, 2.75) is 6.04 Å². The van der Waals surface area contributed by atoms with Crippen LogP contribution in [-0.4, -0.2) is 56.4 Å². The van der Waals surface area contributed by atoms with E-state index in [1.54, 1.807) is 7.11 Å². The molecule has 1 saturated heterocycles. The highest BCUT2D eigenvalue weighted by atomic mass is 16.5. The second-order valence-corrected chi connectivity index (χ2v) is 4.43. The Balaban J connectivity index is 2.17. The molecule has 1 aliphatic heterocycles. The molecule has 4 heteroatoms. The van der Waals surface area contributed by atoms with Crippen LogP contribution in [0.25, 0.3) is 0 Å². The predicted molar refractivity (Wildman–Crippen MR) is 68.7 cm³/mol. The number of piperazine rings is 1. The lowest BCUT2D eigenvalue weighted by Crippen LogP contribution is -2.53. The van der Waals surface area contributed by atoms with Gasteiger partial charge in [-0.2, -0.15) is 0 Å². The zero-order valence-corrected chi connectivity index (χ0v) is 10.5. The Hall–Kier alpha value is -1.26. The Kier molecular flexibility index (Phi) is 3.86. The van der Waals surface area contributed by atoms with E-state index >= 15 is 0 Å². The smallest absolute Gasteiger partial charge is 0.142 e. The number of aliphatic hydroxyl groups excluding tert-OH is 1. The van der Waals surface area contributed by atoms with Crippen molar-refractivity contribution in [2.24, 2.45) is 0 Å². The maximum atomic E-state index is 9.35. The van der Waals surface area contributed by atoms with Crippen molar-refractivity contribution in [2.75, 3.05) is 45.3 Å². The van der Waals surface area contributed by atoms with Gasteiger partial charge in [-0.1, -0.05) is 12.1 Å². The van der Waals surface area contributed by atoms with Crippen LogP contribution in [0.5, 0.6) is 5.75 Å². The summed E-state index contributed by atoms with van der Waals surface area (Å²) < 4.78 is 5.38. The van der Waals surface area contributed by atoms with E-state index < -0.39 is 0 Å². The summed E-state index contributed by atoms with van der Waals surface area (Å²) in [7, 11) is 3.75. The van der Waals surface area contributed by atoms with Gasteiger partial charge in [-0.15, -0.1) is 0 Å². The molecule has 1 atom stereocenters. The first kappa shape index (κ1) is 12.2. The molecule has 17 heavy (non-hydrogen) atoms. The zero-order valence-electron chi connectivity index (χ0n) is 10.5. The average Bonchev–Trinajstić information content (AvgIpc) is 2.39. The lowest BCUT2D eigenvalue weighted by Gasteiger charge is -2.40. The molecule has 0 aliphatic carbocycles. The molecule has 2 rings (SSSR count). The summed E-state index contributed by atoms with van der Waals surface area (Å²) in [5.41, 5.74) is 1.11. The number of nitrogens with zero attached hydrogens (tertiary/aromatic N) is 2. The molecule has 1 aromatic rings. The average molecular weight is 236 g/mol. The van der Waals surface area contributed by atoms with Gasteiger partial charge in [-0.25, -0.2) is 0 Å². The van der Waals surface area contributed by atoms with Crippen LogP contribution < -0.4 is 9.64 Å². The molecule has 0 spiro atoms. The fourth-order valence-corrected chi connectivity index (χ4v) is 2.25. The maximum absolute atomic E-state index is 9.35. The van der Waals surface area contributed by atoms with Crippen LogP contribution in [-0.2, 0) is 0 Å². The fraction of sp³-hybridized carbons (Fsp3) is 0.538. The fourth-order valence-electron chi connectivity index (χ4n) is 2.25. The van der Waals surface area contributed by atoms with Gasteiger partial charge in [-0.05, 0) is 19.2 Å². The van der Waals surface area contributed by atoms with Gasteiger partial charge in [0.1, 0.15) is 5.75 Å². The van der Waals surface area contributed by atoms with Gasteiger partial charge in [0.25, 0.3) is 0 Å². The van der Waals surface area contributed by atoms with E-state index in [0.717, 1.165) is 31.1 Å². The van der Waals surface area contributed by atoms with E-state index in [-0.39, 0.29) is 12.6 Å². The monoisotopic (exact) mass is 236 g/mol. The molecule has 1 unspecified atom stereocenters. The summed E-state index contributed by atoms with van der Waals surface area (Å²) in [4.78, 5) is 4.48. The van der Waals surface area contributed by atoms with E-state index in [2.05, 4.69) is 22.9 Å². The molecule has 4 nitrogen and oxygen atoms in total. The summed E-state index contributed by atoms with van der Waals surface area (Å²) in [6.07, 6.45) is 0. The van der Waals surface area contributed by atoms with Crippen LogP contribution >= 0.6 is 0 Å². The molecular weight excluding hydrogens is 216 g/mol. The minimum atomic E-state index is 0.197. The van der Waals surface area contributed by atoms with Gasteiger partial charge in [0.15, 0.2) is 0 Å². The lowest BCUT2D eigenvalue weighted by molar-refractivity contribution is 0.135. The molecule has 0 saturated carbocycles. The number of anilines is 1. The molecule has 94 valence electrons. The SMILES string of the molecule is COc1ccccc1N1CCN(C)C(CO)C1. The van der Waals surface area contributed by atoms with E-state index in [1.807, 2.05) is 18.2 Å². The maximum Gasteiger partial charge on any atom is 0.142 e. The number of aliphatic hydroxyl groups is 1. The van der Waals surface area contributed by atoms with Crippen molar-refractivity contribution in [3.05, 3.63) is 24.3 Å². The first-order valence-electron chi connectivity index (χ1n) is 5.95. The molecule has 1 aliphatic rings.